The summed E-state index contributed by atoms with van der Waals surface area (Å²) in [6.45, 7) is -0.636. The minimum Gasteiger partial charge on any atom is -0.466 e. The molecule has 0 spiro atoms. The number of aliphatic hydroxyl groups is 1. The van der Waals surface area contributed by atoms with Crippen LogP contribution in [0.1, 0.15) is 5.56 Å². The third-order valence-corrected chi connectivity index (χ3v) is 3.45. The number of nitrogens with zero attached hydrogens (tertiary/aromatic N) is 1. The number of hydrogen-bond acceptors (Lipinski definition) is 5. The smallest absolute Gasteiger partial charge is 0.416 e. The number of hydrogen-bond donors (Lipinski definition) is 2. The number of esters is 1. The molecule has 136 valence electrons. The maximum absolute atomic E-state index is 13.5. The zero-order chi connectivity index (χ0) is 18.8. The molecule has 0 bridgehead atoms. The van der Waals surface area contributed by atoms with Gasteiger partial charge in [-0.2, -0.15) is 13.2 Å². The van der Waals surface area contributed by atoms with Gasteiger partial charge in [0.1, 0.15) is 11.5 Å². The van der Waals surface area contributed by atoms with E-state index >= 15 is 0 Å². The van der Waals surface area contributed by atoms with E-state index in [-0.39, 0.29) is 36.7 Å². The van der Waals surface area contributed by atoms with Crippen LogP contribution >= 0.6 is 0 Å². The van der Waals surface area contributed by atoms with Gasteiger partial charge in [0.2, 0.25) is 0 Å². The molecule has 0 fully saturated rings. The number of β-amino-alcohol motifs (C(OH)–C–C–N with tert-alkyl or cyclic N) is 1. The first-order valence-electron chi connectivity index (χ1n) is 7.03. The van der Waals surface area contributed by atoms with Crippen molar-refractivity contribution < 1.29 is 37.0 Å². The number of nitrogens with one attached hydrogen (secondary N) is 1. The Morgan fingerprint density at radius 1 is 1.36 bits per heavy atom. The van der Waals surface area contributed by atoms with Crippen LogP contribution in [-0.4, -0.2) is 48.7 Å². The molecule has 0 atom stereocenters. The first-order valence-corrected chi connectivity index (χ1v) is 7.03. The van der Waals surface area contributed by atoms with Crippen LogP contribution in [0.15, 0.2) is 29.5 Å². The van der Waals surface area contributed by atoms with Gasteiger partial charge in [0.05, 0.1) is 31.4 Å². The van der Waals surface area contributed by atoms with Crippen molar-refractivity contribution in [2.75, 3.05) is 32.1 Å². The number of halogens is 4. The van der Waals surface area contributed by atoms with Gasteiger partial charge in [-0.15, -0.1) is 0 Å². The Morgan fingerprint density at radius 3 is 2.60 bits per heavy atom. The molecule has 10 heteroatoms. The summed E-state index contributed by atoms with van der Waals surface area (Å²) in [4.78, 5) is 25.2. The van der Waals surface area contributed by atoms with E-state index in [1.165, 1.54) is 0 Å². The molecule has 0 saturated heterocycles. The van der Waals surface area contributed by atoms with Crippen LogP contribution in [0.2, 0.25) is 0 Å². The Morgan fingerprint density at radius 2 is 2.04 bits per heavy atom. The zero-order valence-electron chi connectivity index (χ0n) is 13.0. The SMILES string of the molecule is COC(=O)C1=C(Nc2cc(F)cc(C(F)(F)F)c2)C(=O)N(CCO)C1. The number of rotatable bonds is 5. The van der Waals surface area contributed by atoms with Crippen molar-refractivity contribution in [1.29, 1.82) is 0 Å². The Hall–Kier alpha value is -2.62. The number of carbonyl (C=O) groups excluding carboxylic acids is 2. The molecule has 1 aliphatic rings. The summed E-state index contributed by atoms with van der Waals surface area (Å²) in [5.74, 6) is -2.73. The maximum Gasteiger partial charge on any atom is 0.416 e. The fraction of sp³-hybridized carbons (Fsp3) is 0.333. The molecule has 0 aromatic heterocycles. The van der Waals surface area contributed by atoms with Gasteiger partial charge in [-0.25, -0.2) is 9.18 Å². The molecule has 1 heterocycles. The van der Waals surface area contributed by atoms with E-state index in [4.69, 9.17) is 5.11 Å². The van der Waals surface area contributed by atoms with Gasteiger partial charge in [-0.3, -0.25) is 4.79 Å². The lowest BCUT2D eigenvalue weighted by Gasteiger charge is -2.15. The fourth-order valence-electron chi connectivity index (χ4n) is 2.32. The molecule has 1 aliphatic heterocycles. The Labute approximate surface area is 139 Å². The average molecular weight is 362 g/mol. The van der Waals surface area contributed by atoms with Crippen LogP contribution in [0.3, 0.4) is 0 Å². The summed E-state index contributed by atoms with van der Waals surface area (Å²) >= 11 is 0. The molecule has 6 nitrogen and oxygen atoms in total. The predicted octanol–water partition coefficient (Wildman–Crippen LogP) is 1.52. The van der Waals surface area contributed by atoms with Crippen molar-refractivity contribution in [3.63, 3.8) is 0 Å². The molecule has 1 aromatic rings. The molecular weight excluding hydrogens is 348 g/mol. The van der Waals surface area contributed by atoms with Crippen LogP contribution in [-0.2, 0) is 20.5 Å². The van der Waals surface area contributed by atoms with Gasteiger partial charge in [0.25, 0.3) is 5.91 Å². The van der Waals surface area contributed by atoms with Crippen LogP contribution in [0.4, 0.5) is 23.2 Å². The number of carbonyl (C=O) groups is 2. The summed E-state index contributed by atoms with van der Waals surface area (Å²) in [6.07, 6.45) is -4.78. The molecule has 1 amide bonds. The van der Waals surface area contributed by atoms with Crippen LogP contribution in [0, 0.1) is 5.82 Å². The lowest BCUT2D eigenvalue weighted by atomic mass is 10.1. The first kappa shape index (κ1) is 18.7. The lowest BCUT2D eigenvalue weighted by Crippen LogP contribution is -2.31. The monoisotopic (exact) mass is 362 g/mol. The van der Waals surface area contributed by atoms with Crippen LogP contribution in [0.5, 0.6) is 0 Å². The highest BCUT2D eigenvalue weighted by molar-refractivity contribution is 6.08. The fourth-order valence-corrected chi connectivity index (χ4v) is 2.32. The molecule has 2 rings (SSSR count). The van der Waals surface area contributed by atoms with E-state index in [0.29, 0.717) is 12.1 Å². The maximum atomic E-state index is 13.5. The molecule has 1 aromatic carbocycles. The van der Waals surface area contributed by atoms with Gasteiger partial charge in [0, 0.05) is 12.2 Å². The zero-order valence-corrected chi connectivity index (χ0v) is 13.0. The topological polar surface area (TPSA) is 78.9 Å². The molecule has 0 radical (unpaired) electrons. The van der Waals surface area contributed by atoms with E-state index in [1.54, 1.807) is 0 Å². The Kier molecular flexibility index (Phi) is 5.31. The van der Waals surface area contributed by atoms with E-state index in [1.807, 2.05) is 0 Å². The molecule has 25 heavy (non-hydrogen) atoms. The number of anilines is 1. The number of benzene rings is 1. The van der Waals surface area contributed by atoms with Gasteiger partial charge < -0.3 is 20.1 Å². The summed E-state index contributed by atoms with van der Waals surface area (Å²) < 4.78 is 56.3. The van der Waals surface area contributed by atoms with Gasteiger partial charge in [0.15, 0.2) is 0 Å². The molecule has 0 unspecified atom stereocenters. The number of methoxy groups -OCH3 is 1. The lowest BCUT2D eigenvalue weighted by molar-refractivity contribution is -0.138. The highest BCUT2D eigenvalue weighted by Gasteiger charge is 2.35. The second-order valence-electron chi connectivity index (χ2n) is 5.15. The molecule has 0 aliphatic carbocycles. The van der Waals surface area contributed by atoms with Gasteiger partial charge in [-0.1, -0.05) is 0 Å². The Balaban J connectivity index is 2.40. The average Bonchev–Trinajstić information content (AvgIpc) is 2.83. The minimum absolute atomic E-state index is 0.0819. The highest BCUT2D eigenvalue weighted by atomic mass is 19.4. The number of ether oxygens (including phenoxy) is 1. The third-order valence-electron chi connectivity index (χ3n) is 3.45. The summed E-state index contributed by atoms with van der Waals surface area (Å²) in [6, 6.07) is 1.70. The Bertz CT molecular complexity index is 731. The van der Waals surface area contributed by atoms with E-state index in [9.17, 15) is 27.2 Å². The van der Waals surface area contributed by atoms with Crippen molar-refractivity contribution in [1.82, 2.24) is 4.90 Å². The van der Waals surface area contributed by atoms with Crippen molar-refractivity contribution in [3.05, 3.63) is 40.8 Å². The normalized spacial score (nSPS) is 15.0. The third kappa shape index (κ3) is 4.08. The first-order chi connectivity index (χ1) is 11.7. The summed E-state index contributed by atoms with van der Waals surface area (Å²) in [5.41, 5.74) is -2.03. The molecule has 0 saturated carbocycles. The van der Waals surface area contributed by atoms with Crippen molar-refractivity contribution in [2.45, 2.75) is 6.18 Å². The highest BCUT2D eigenvalue weighted by Crippen LogP contribution is 2.32. The summed E-state index contributed by atoms with van der Waals surface area (Å²) in [5, 5.41) is 11.3. The predicted molar refractivity (Wildman–Crippen MR) is 77.7 cm³/mol. The molecule has 2 N–H and O–H groups in total. The second kappa shape index (κ2) is 7.09. The quantitative estimate of drug-likeness (QED) is 0.613. The molecular formula is C15H14F4N2O4. The van der Waals surface area contributed by atoms with Crippen LogP contribution in [0.25, 0.3) is 0 Å². The number of aliphatic hydroxyl groups excluding tert-OH is 1. The minimum atomic E-state index is -4.78. The van der Waals surface area contributed by atoms with Crippen molar-refractivity contribution >= 4 is 17.6 Å². The number of alkyl halides is 3. The second-order valence-corrected chi connectivity index (χ2v) is 5.15. The van der Waals surface area contributed by atoms with E-state index in [2.05, 4.69) is 10.1 Å². The van der Waals surface area contributed by atoms with Crippen LogP contribution < -0.4 is 5.32 Å². The van der Waals surface area contributed by atoms with E-state index < -0.39 is 29.4 Å². The van der Waals surface area contributed by atoms with Gasteiger partial charge >= 0.3 is 12.1 Å². The summed E-state index contributed by atoms with van der Waals surface area (Å²) in [7, 11) is 1.08. The largest absolute Gasteiger partial charge is 0.466 e. The van der Waals surface area contributed by atoms with Crippen molar-refractivity contribution in [2.24, 2.45) is 0 Å². The van der Waals surface area contributed by atoms with E-state index in [0.717, 1.165) is 18.1 Å². The van der Waals surface area contributed by atoms with Crippen molar-refractivity contribution in [3.8, 4) is 0 Å². The number of amides is 1. The van der Waals surface area contributed by atoms with Gasteiger partial charge in [-0.05, 0) is 18.2 Å². The standard InChI is InChI=1S/C15H14F4N2O4/c1-25-14(24)11-7-21(2-3-22)13(23)12(11)20-10-5-8(15(17,18)19)4-9(16)6-10/h4-6,20,22H,2-3,7H2,1H3.